The van der Waals surface area contributed by atoms with Gasteiger partial charge in [0.05, 0.1) is 6.61 Å². The summed E-state index contributed by atoms with van der Waals surface area (Å²) in [7, 11) is 0. The average Bonchev–Trinajstić information content (AvgIpc) is 2.52. The largest absolute Gasteiger partial charge is 0.464 e. The summed E-state index contributed by atoms with van der Waals surface area (Å²) in [4.78, 5) is 11.1. The van der Waals surface area contributed by atoms with Crippen molar-refractivity contribution in [3.63, 3.8) is 0 Å². The Morgan fingerprint density at radius 3 is 2.62 bits per heavy atom. The van der Waals surface area contributed by atoms with Gasteiger partial charge in [-0.1, -0.05) is 0 Å². The number of carbonyl (C=O) groups excluding carboxylic acids is 1. The fourth-order valence-electron chi connectivity index (χ4n) is 2.02. The van der Waals surface area contributed by atoms with Crippen LogP contribution in [0.3, 0.4) is 0 Å². The topological polar surface area (TPSA) is 38.3 Å². The van der Waals surface area contributed by atoms with Crippen LogP contribution < -0.4 is 5.32 Å². The van der Waals surface area contributed by atoms with Gasteiger partial charge >= 0.3 is 5.97 Å². The van der Waals surface area contributed by atoms with E-state index in [0.717, 1.165) is 0 Å². The average molecular weight is 210 g/mol. The van der Waals surface area contributed by atoms with Crippen LogP contribution in [0.5, 0.6) is 0 Å². The molecule has 1 heterocycles. The van der Waals surface area contributed by atoms with Crippen molar-refractivity contribution in [1.82, 2.24) is 5.32 Å². The molecule has 5 heteroatoms. The van der Waals surface area contributed by atoms with Crippen molar-refractivity contribution in [3.8, 4) is 0 Å². The molecule has 1 saturated carbocycles. The van der Waals surface area contributed by atoms with E-state index in [1.54, 1.807) is 6.92 Å². The zero-order chi connectivity index (χ0) is 8.77. The van der Waals surface area contributed by atoms with E-state index in [0.29, 0.717) is 13.1 Å². The molecule has 1 unspecified atom stereocenters. The van der Waals surface area contributed by atoms with Crippen molar-refractivity contribution in [1.29, 1.82) is 0 Å². The summed E-state index contributed by atoms with van der Waals surface area (Å²) in [6.45, 7) is 3.18. The minimum Gasteiger partial charge on any atom is -0.464 e. The molecule has 0 amide bonds. The highest BCUT2D eigenvalue weighted by Crippen LogP contribution is 2.56. The number of hydrogen-bond acceptors (Lipinski definition) is 3. The normalized spacial score (nSPS) is 40.5. The lowest BCUT2D eigenvalue weighted by atomic mass is 10.2. The molecular weight excluding hydrogens is 197 g/mol. The van der Waals surface area contributed by atoms with Crippen molar-refractivity contribution < 1.29 is 13.9 Å². The predicted molar refractivity (Wildman–Crippen MR) is 47.6 cm³/mol. The first-order valence-electron chi connectivity index (χ1n) is 4.28. The number of nitrogens with one attached hydrogen (secondary N) is 1. The molecule has 3 nitrogen and oxygen atoms in total. The van der Waals surface area contributed by atoms with Gasteiger partial charge in [-0.15, -0.1) is 12.4 Å². The Morgan fingerprint density at radius 2 is 2.15 bits per heavy atom. The van der Waals surface area contributed by atoms with E-state index in [4.69, 9.17) is 0 Å². The molecule has 2 fully saturated rings. The number of carbonyl (C=O) groups is 1. The van der Waals surface area contributed by atoms with Crippen molar-refractivity contribution in [2.24, 2.45) is 11.8 Å². The van der Waals surface area contributed by atoms with Gasteiger partial charge in [-0.05, 0) is 6.92 Å². The van der Waals surface area contributed by atoms with Gasteiger partial charge in [0.2, 0.25) is 5.67 Å². The number of fused-ring (bicyclic) bond motifs is 1. The molecule has 2 rings (SSSR count). The molecule has 0 aromatic heterocycles. The quantitative estimate of drug-likeness (QED) is 0.675. The molecule has 1 N–H and O–H groups in total. The molecule has 0 radical (unpaired) electrons. The summed E-state index contributed by atoms with van der Waals surface area (Å²) >= 11 is 0. The van der Waals surface area contributed by atoms with Gasteiger partial charge in [-0.2, -0.15) is 0 Å². The zero-order valence-electron chi connectivity index (χ0n) is 7.38. The van der Waals surface area contributed by atoms with E-state index in [1.807, 2.05) is 0 Å². The van der Waals surface area contributed by atoms with Gasteiger partial charge in [0.1, 0.15) is 0 Å². The van der Waals surface area contributed by atoms with E-state index < -0.39 is 11.6 Å². The molecule has 0 aromatic rings. The van der Waals surface area contributed by atoms with Crippen LogP contribution >= 0.6 is 12.4 Å². The number of rotatable bonds is 2. The van der Waals surface area contributed by atoms with Crippen molar-refractivity contribution in [3.05, 3.63) is 0 Å². The number of piperidine rings is 1. The van der Waals surface area contributed by atoms with Crippen LogP contribution in [0, 0.1) is 11.8 Å². The van der Waals surface area contributed by atoms with E-state index >= 15 is 0 Å². The molecule has 0 bridgehead atoms. The number of alkyl halides is 1. The first-order valence-corrected chi connectivity index (χ1v) is 4.28. The van der Waals surface area contributed by atoms with Gasteiger partial charge in [0, 0.05) is 24.9 Å². The summed E-state index contributed by atoms with van der Waals surface area (Å²) in [5.74, 6) is -0.922. The second-order valence-electron chi connectivity index (χ2n) is 3.36. The first kappa shape index (κ1) is 10.7. The van der Waals surface area contributed by atoms with Gasteiger partial charge < -0.3 is 10.1 Å². The van der Waals surface area contributed by atoms with Crippen molar-refractivity contribution in [2.75, 3.05) is 19.7 Å². The maximum atomic E-state index is 13.7. The Kier molecular flexibility index (Phi) is 2.82. The minimum absolute atomic E-state index is 0. The third-order valence-electron chi connectivity index (χ3n) is 2.77. The SMILES string of the molecule is CCOC(=O)C1(F)[C@@H]2CNC[C@@H]21.Cl. The first-order chi connectivity index (χ1) is 5.71. The molecule has 1 aliphatic carbocycles. The van der Waals surface area contributed by atoms with Gasteiger partial charge in [0.25, 0.3) is 0 Å². The maximum Gasteiger partial charge on any atom is 0.344 e. The molecule has 13 heavy (non-hydrogen) atoms. The van der Waals surface area contributed by atoms with Crippen molar-refractivity contribution >= 4 is 18.4 Å². The summed E-state index contributed by atoms with van der Waals surface area (Å²) < 4.78 is 18.3. The number of halogens is 2. The lowest BCUT2D eigenvalue weighted by Crippen LogP contribution is -2.32. The van der Waals surface area contributed by atoms with Gasteiger partial charge in [-0.3, -0.25) is 0 Å². The number of ether oxygens (including phenoxy) is 1. The van der Waals surface area contributed by atoms with E-state index in [9.17, 15) is 9.18 Å². The molecule has 76 valence electrons. The fraction of sp³-hybridized carbons (Fsp3) is 0.875. The summed E-state index contributed by atoms with van der Waals surface area (Å²) in [5.41, 5.74) is -1.65. The zero-order valence-corrected chi connectivity index (χ0v) is 8.20. The van der Waals surface area contributed by atoms with Crippen LogP contribution in [0.25, 0.3) is 0 Å². The smallest absolute Gasteiger partial charge is 0.344 e. The molecule has 1 saturated heterocycles. The van der Waals surface area contributed by atoms with Crippen LogP contribution in [0.4, 0.5) is 4.39 Å². The van der Waals surface area contributed by atoms with E-state index in [1.165, 1.54) is 0 Å². The predicted octanol–water partition coefficient (Wildman–Crippen LogP) is 0.529. The minimum atomic E-state index is -1.65. The lowest BCUT2D eigenvalue weighted by molar-refractivity contribution is -0.152. The van der Waals surface area contributed by atoms with Crippen LogP contribution in [0.15, 0.2) is 0 Å². The van der Waals surface area contributed by atoms with E-state index in [-0.39, 0.29) is 30.8 Å². The molecule has 3 atom stereocenters. The highest BCUT2D eigenvalue weighted by atomic mass is 35.5. The maximum absolute atomic E-state index is 13.7. The van der Waals surface area contributed by atoms with Crippen LogP contribution in [0.1, 0.15) is 6.92 Å². The lowest BCUT2D eigenvalue weighted by Gasteiger charge is -2.10. The number of hydrogen-bond donors (Lipinski definition) is 1. The van der Waals surface area contributed by atoms with Gasteiger partial charge in [-0.25, -0.2) is 9.18 Å². The third kappa shape index (κ3) is 1.32. The molecular formula is C8H13ClFNO2. The van der Waals surface area contributed by atoms with Crippen LogP contribution in [0.2, 0.25) is 0 Å². The highest BCUT2D eigenvalue weighted by Gasteiger charge is 2.73. The second kappa shape index (κ2) is 3.42. The second-order valence-corrected chi connectivity index (χ2v) is 3.36. The Morgan fingerprint density at radius 1 is 1.62 bits per heavy atom. The Labute approximate surface area is 82.4 Å². The summed E-state index contributed by atoms with van der Waals surface area (Å²) in [6.07, 6.45) is 0. The van der Waals surface area contributed by atoms with Crippen molar-refractivity contribution in [2.45, 2.75) is 12.6 Å². The highest BCUT2D eigenvalue weighted by molar-refractivity contribution is 5.85. The van der Waals surface area contributed by atoms with Crippen LogP contribution in [-0.4, -0.2) is 31.3 Å². The summed E-state index contributed by atoms with van der Waals surface area (Å²) in [6, 6.07) is 0. The molecule has 2 aliphatic rings. The van der Waals surface area contributed by atoms with Gasteiger partial charge in [0.15, 0.2) is 0 Å². The standard InChI is InChI=1S/C8H12FNO2.ClH/c1-2-12-7(11)8(9)5-3-10-4-6(5)8;/h5-6,10H,2-4H2,1H3;1H/t5-,6+,8?;. The third-order valence-corrected chi connectivity index (χ3v) is 2.77. The Hall–Kier alpha value is -0.350. The monoisotopic (exact) mass is 209 g/mol. The van der Waals surface area contributed by atoms with E-state index in [2.05, 4.69) is 10.1 Å². The molecule has 1 aliphatic heterocycles. The Balaban J connectivity index is 0.000000845. The number of esters is 1. The molecule has 0 aromatic carbocycles. The summed E-state index contributed by atoms with van der Waals surface area (Å²) in [5, 5.41) is 3.03. The van der Waals surface area contributed by atoms with Crippen LogP contribution in [-0.2, 0) is 9.53 Å². The fourth-order valence-corrected chi connectivity index (χ4v) is 2.02. The Bertz CT molecular complexity index is 214. The molecule has 0 spiro atoms.